The summed E-state index contributed by atoms with van der Waals surface area (Å²) in [6.45, 7) is 1.36. The lowest BCUT2D eigenvalue weighted by atomic mass is 10.1. The van der Waals surface area contributed by atoms with Crippen LogP contribution in [0.1, 0.15) is 25.3 Å². The van der Waals surface area contributed by atoms with Gasteiger partial charge >= 0.3 is 21.6 Å². The molecule has 0 bridgehead atoms. The van der Waals surface area contributed by atoms with Crippen molar-refractivity contribution in [1.29, 1.82) is 0 Å². The van der Waals surface area contributed by atoms with Crippen LogP contribution in [0.25, 0.3) is 0 Å². The minimum absolute atomic E-state index is 0.100. The van der Waals surface area contributed by atoms with E-state index in [4.69, 9.17) is 0 Å². The fraction of sp³-hybridized carbons (Fsp3) is 0.562. The number of anilines is 1. The zero-order valence-electron chi connectivity index (χ0n) is 14.7. The number of rotatable bonds is 9. The lowest BCUT2D eigenvalue weighted by molar-refractivity contribution is -0.152. The molecule has 6 nitrogen and oxygen atoms in total. The molecule has 0 N–H and O–H groups in total. The Kier molecular flexibility index (Phi) is 7.88. The number of aryl methyl sites for hydroxylation is 1. The minimum Gasteiger partial charge on any atom is -0.464 e. The quantitative estimate of drug-likeness (QED) is 0.362. The predicted molar refractivity (Wildman–Crippen MR) is 90.2 cm³/mol. The summed E-state index contributed by atoms with van der Waals surface area (Å²) in [5.74, 6) is -1.14. The van der Waals surface area contributed by atoms with Crippen LogP contribution in [0.2, 0.25) is 0 Å². The Morgan fingerprint density at radius 1 is 1.19 bits per heavy atom. The Bertz CT molecular complexity index is 687. The highest BCUT2D eigenvalue weighted by Crippen LogP contribution is 2.27. The molecule has 0 spiro atoms. The van der Waals surface area contributed by atoms with Crippen molar-refractivity contribution < 1.29 is 35.3 Å². The van der Waals surface area contributed by atoms with E-state index in [0.717, 1.165) is 11.3 Å². The number of ether oxygens (including phenoxy) is 1. The Hall–Kier alpha value is -1.81. The van der Waals surface area contributed by atoms with Crippen molar-refractivity contribution in [3.63, 3.8) is 0 Å². The molecule has 26 heavy (non-hydrogen) atoms. The number of carbonyl (C=O) groups is 1. The molecule has 1 rings (SSSR count). The van der Waals surface area contributed by atoms with Crippen LogP contribution in [-0.2, 0) is 30.3 Å². The van der Waals surface area contributed by atoms with E-state index in [2.05, 4.69) is 8.92 Å². The predicted octanol–water partition coefficient (Wildman–Crippen LogP) is 2.87. The summed E-state index contributed by atoms with van der Waals surface area (Å²) < 4.78 is 68.4. The molecule has 0 aromatic heterocycles. The average molecular weight is 397 g/mol. The molecule has 0 aliphatic rings. The number of benzene rings is 1. The van der Waals surface area contributed by atoms with Crippen LogP contribution < -0.4 is 4.90 Å². The van der Waals surface area contributed by atoms with Crippen LogP contribution in [0.3, 0.4) is 0 Å². The van der Waals surface area contributed by atoms with Crippen LogP contribution in [0.5, 0.6) is 0 Å². The molecule has 1 atom stereocenters. The molecule has 0 amide bonds. The number of hydrogen-bond donors (Lipinski definition) is 0. The first-order valence-corrected chi connectivity index (χ1v) is 9.31. The summed E-state index contributed by atoms with van der Waals surface area (Å²) in [6.07, 6.45) is -1.36. The summed E-state index contributed by atoms with van der Waals surface area (Å²) in [4.78, 5) is 13.6. The maximum atomic E-state index is 12.5. The largest absolute Gasteiger partial charge is 0.523 e. The van der Waals surface area contributed by atoms with E-state index >= 15 is 0 Å². The third-order valence-corrected chi connectivity index (χ3v) is 4.51. The average Bonchev–Trinajstić information content (AvgIpc) is 2.53. The Morgan fingerprint density at radius 3 is 2.23 bits per heavy atom. The van der Waals surface area contributed by atoms with Crippen LogP contribution in [0.15, 0.2) is 24.3 Å². The smallest absolute Gasteiger partial charge is 0.464 e. The summed E-state index contributed by atoms with van der Waals surface area (Å²) in [6, 6.07) is 7.45. The third-order valence-electron chi connectivity index (χ3n) is 3.46. The first-order chi connectivity index (χ1) is 12.0. The molecule has 1 unspecified atom stereocenters. The highest BCUT2D eigenvalue weighted by molar-refractivity contribution is 7.87. The number of hydrogen-bond acceptors (Lipinski definition) is 6. The van der Waals surface area contributed by atoms with Crippen molar-refractivity contribution in [3.8, 4) is 0 Å². The molecule has 0 saturated heterocycles. The van der Waals surface area contributed by atoms with Gasteiger partial charge in [-0.3, -0.25) is 0 Å². The van der Waals surface area contributed by atoms with Gasteiger partial charge in [0.1, 0.15) is 0 Å². The fourth-order valence-corrected chi connectivity index (χ4v) is 2.69. The van der Waals surface area contributed by atoms with Crippen molar-refractivity contribution in [2.24, 2.45) is 0 Å². The van der Waals surface area contributed by atoms with Gasteiger partial charge in [0.25, 0.3) is 0 Å². The van der Waals surface area contributed by atoms with Gasteiger partial charge in [-0.1, -0.05) is 12.1 Å². The third kappa shape index (κ3) is 6.49. The first-order valence-electron chi connectivity index (χ1n) is 7.90. The second-order valence-electron chi connectivity index (χ2n) is 5.69. The molecule has 1 aromatic carbocycles. The van der Waals surface area contributed by atoms with Crippen molar-refractivity contribution >= 4 is 21.8 Å². The number of alkyl halides is 3. The summed E-state index contributed by atoms with van der Waals surface area (Å²) in [7, 11) is -2.10. The van der Waals surface area contributed by atoms with Gasteiger partial charge in [-0.05, 0) is 43.9 Å². The normalized spacial score (nSPS) is 13.3. The van der Waals surface area contributed by atoms with Gasteiger partial charge in [0.05, 0.1) is 6.61 Å². The molecule has 0 saturated carbocycles. The fourth-order valence-electron chi connectivity index (χ4n) is 2.10. The number of esters is 1. The van der Waals surface area contributed by atoms with Gasteiger partial charge in [0.15, 0.2) is 6.10 Å². The van der Waals surface area contributed by atoms with Crippen LogP contribution in [0.4, 0.5) is 18.9 Å². The first kappa shape index (κ1) is 22.2. The van der Waals surface area contributed by atoms with Crippen molar-refractivity contribution in [3.05, 3.63) is 29.8 Å². The zero-order valence-corrected chi connectivity index (χ0v) is 15.6. The number of carbonyl (C=O) groups excluding carboxylic acids is 1. The van der Waals surface area contributed by atoms with Gasteiger partial charge in [-0.25, -0.2) is 8.98 Å². The molecular weight excluding hydrogens is 375 g/mol. The maximum absolute atomic E-state index is 12.5. The lowest BCUT2D eigenvalue weighted by Gasteiger charge is -2.17. The summed E-state index contributed by atoms with van der Waals surface area (Å²) in [5.41, 5.74) is -3.71. The molecule has 0 fully saturated rings. The van der Waals surface area contributed by atoms with E-state index in [1.54, 1.807) is 0 Å². The Balaban J connectivity index is 2.73. The maximum Gasteiger partial charge on any atom is 0.523 e. The van der Waals surface area contributed by atoms with Crippen molar-refractivity contribution in [2.75, 3.05) is 25.6 Å². The van der Waals surface area contributed by atoms with E-state index in [0.29, 0.717) is 6.42 Å². The van der Waals surface area contributed by atoms with E-state index in [-0.39, 0.29) is 19.4 Å². The van der Waals surface area contributed by atoms with Gasteiger partial charge in [0.2, 0.25) is 0 Å². The number of nitrogens with zero attached hydrogens (tertiary/aromatic N) is 1. The monoisotopic (exact) mass is 397 g/mol. The summed E-state index contributed by atoms with van der Waals surface area (Å²) in [5, 5.41) is 0. The molecule has 0 heterocycles. The highest BCUT2D eigenvalue weighted by atomic mass is 32.2. The second-order valence-corrected chi connectivity index (χ2v) is 7.25. The molecule has 0 aliphatic heterocycles. The second kappa shape index (κ2) is 9.22. The van der Waals surface area contributed by atoms with Gasteiger partial charge in [-0.2, -0.15) is 21.6 Å². The van der Waals surface area contributed by atoms with Gasteiger partial charge < -0.3 is 9.64 Å². The standard InChI is InChI=1S/C16H22F3NO5S/c1-4-24-15(21)14(25-26(22,23)16(17,18)19)7-5-6-12-8-10-13(11-9-12)20(2)3/h8-11,14H,4-7H2,1-3H3. The molecular formula is C16H22F3NO5S. The number of halogens is 3. The summed E-state index contributed by atoms with van der Waals surface area (Å²) >= 11 is 0. The molecule has 10 heteroatoms. The van der Waals surface area contributed by atoms with E-state index in [1.807, 2.05) is 43.3 Å². The molecule has 0 aliphatic carbocycles. The van der Waals surface area contributed by atoms with Crippen molar-refractivity contribution in [1.82, 2.24) is 0 Å². The van der Waals surface area contributed by atoms with Crippen LogP contribution in [0, 0.1) is 0 Å². The molecule has 0 radical (unpaired) electrons. The Morgan fingerprint density at radius 2 is 1.77 bits per heavy atom. The molecule has 148 valence electrons. The topological polar surface area (TPSA) is 72.9 Å². The Labute approximate surface area is 151 Å². The lowest BCUT2D eigenvalue weighted by Crippen LogP contribution is -2.35. The molecule has 1 aromatic rings. The van der Waals surface area contributed by atoms with E-state index in [9.17, 15) is 26.4 Å². The van der Waals surface area contributed by atoms with Crippen LogP contribution in [-0.4, -0.2) is 46.7 Å². The highest BCUT2D eigenvalue weighted by Gasteiger charge is 2.49. The van der Waals surface area contributed by atoms with E-state index in [1.165, 1.54) is 6.92 Å². The minimum atomic E-state index is -5.88. The van der Waals surface area contributed by atoms with Gasteiger partial charge in [-0.15, -0.1) is 0 Å². The SMILES string of the molecule is CCOC(=O)C(CCCc1ccc(N(C)C)cc1)OS(=O)(=O)C(F)(F)F. The van der Waals surface area contributed by atoms with E-state index < -0.39 is 27.7 Å². The zero-order chi connectivity index (χ0) is 20.0. The van der Waals surface area contributed by atoms with Crippen LogP contribution >= 0.6 is 0 Å². The van der Waals surface area contributed by atoms with Gasteiger partial charge in [0, 0.05) is 19.8 Å². The van der Waals surface area contributed by atoms with Crippen molar-refractivity contribution in [2.45, 2.75) is 37.8 Å².